The summed E-state index contributed by atoms with van der Waals surface area (Å²) < 4.78 is 13.0. The Morgan fingerprint density at radius 2 is 1.83 bits per heavy atom. The smallest absolute Gasteiger partial charge is 0.269 e. The molecule has 8 nitrogen and oxygen atoms in total. The van der Waals surface area contributed by atoms with Crippen LogP contribution in [-0.4, -0.2) is 43.0 Å². The molecule has 2 aromatic carbocycles. The van der Waals surface area contributed by atoms with Crippen LogP contribution >= 0.6 is 28.3 Å². The Balaban J connectivity index is 0.00000256. The Hall–Kier alpha value is -2.69. The van der Waals surface area contributed by atoms with E-state index in [1.165, 1.54) is 23.5 Å². The normalized spacial score (nSPS) is 14.3. The van der Waals surface area contributed by atoms with Crippen molar-refractivity contribution in [1.29, 1.82) is 0 Å². The van der Waals surface area contributed by atoms with Gasteiger partial charge in [-0.3, -0.25) is 10.1 Å². The highest BCUT2D eigenvalue weighted by Crippen LogP contribution is 2.27. The van der Waals surface area contributed by atoms with Gasteiger partial charge in [0.05, 0.1) is 44.0 Å². The quantitative estimate of drug-likeness (QED) is 0.398. The van der Waals surface area contributed by atoms with Crippen molar-refractivity contribution in [3.05, 3.63) is 68.8 Å². The highest BCUT2D eigenvalue weighted by Gasteiger charge is 2.18. The van der Waals surface area contributed by atoms with Crippen molar-refractivity contribution in [2.75, 3.05) is 38.4 Å². The van der Waals surface area contributed by atoms with Crippen molar-refractivity contribution < 1.29 is 14.4 Å². The Labute approximate surface area is 187 Å². The maximum atomic E-state index is 11.0. The van der Waals surface area contributed by atoms with Gasteiger partial charge in [0.1, 0.15) is 11.4 Å². The van der Waals surface area contributed by atoms with Gasteiger partial charge < -0.3 is 14.5 Å². The highest BCUT2D eigenvalue weighted by atomic mass is 79.9. The fourth-order valence-corrected chi connectivity index (χ4v) is 4.10. The summed E-state index contributed by atoms with van der Waals surface area (Å²) in [6.45, 7) is 2.74. The van der Waals surface area contributed by atoms with Crippen LogP contribution in [0.1, 0.15) is 0 Å². The minimum absolute atomic E-state index is 0. The van der Waals surface area contributed by atoms with E-state index in [4.69, 9.17) is 14.5 Å². The maximum Gasteiger partial charge on any atom is 0.269 e. The molecular formula is C20H21BrN4O4S. The standard InChI is InChI=1S/C20H20N4O4S.BrH/c1-27-19-5-3-2-4-17(19)21-20-23(22-10-12-28-13-11-22)18(14-29-20)15-6-8-16(9-7-15)24(25)26;/h2-9,14H,10-13H2,1H3;1H. The number of hydrogen-bond donors (Lipinski definition) is 0. The zero-order valence-corrected chi connectivity index (χ0v) is 18.8. The van der Waals surface area contributed by atoms with Gasteiger partial charge >= 0.3 is 0 Å². The molecule has 0 saturated carbocycles. The monoisotopic (exact) mass is 492 g/mol. The third kappa shape index (κ3) is 4.55. The molecule has 1 aliphatic heterocycles. The number of halogens is 1. The predicted octanol–water partition coefficient (Wildman–Crippen LogP) is 3.91. The SMILES string of the molecule is Br.COc1ccccc1N=c1scc(-c2ccc([N+](=O)[O-])cc2)n1N1CCOCC1. The number of benzene rings is 2. The van der Waals surface area contributed by atoms with E-state index in [9.17, 15) is 10.1 Å². The third-order valence-electron chi connectivity index (χ3n) is 4.63. The number of ether oxygens (including phenoxy) is 2. The molecule has 158 valence electrons. The lowest BCUT2D eigenvalue weighted by molar-refractivity contribution is -0.384. The number of morpholine rings is 1. The number of non-ortho nitro benzene ring substituents is 1. The number of nitro groups is 1. The lowest BCUT2D eigenvalue weighted by Crippen LogP contribution is -2.48. The summed E-state index contributed by atoms with van der Waals surface area (Å²) in [6.07, 6.45) is 0. The number of rotatable bonds is 5. The molecule has 4 rings (SSSR count). The van der Waals surface area contributed by atoms with Crippen LogP contribution in [0.5, 0.6) is 5.75 Å². The second-order valence-corrected chi connectivity index (χ2v) is 7.21. The van der Waals surface area contributed by atoms with Crippen molar-refractivity contribution in [3.63, 3.8) is 0 Å². The van der Waals surface area contributed by atoms with E-state index in [0.717, 1.165) is 34.8 Å². The fraction of sp³-hybridized carbons (Fsp3) is 0.250. The molecule has 1 fully saturated rings. The zero-order chi connectivity index (χ0) is 20.2. The highest BCUT2D eigenvalue weighted by molar-refractivity contribution is 8.93. The van der Waals surface area contributed by atoms with Crippen LogP contribution in [0.2, 0.25) is 0 Å². The molecule has 0 aliphatic carbocycles. The second-order valence-electron chi connectivity index (χ2n) is 6.37. The van der Waals surface area contributed by atoms with E-state index in [0.29, 0.717) is 19.0 Å². The molecule has 2 heterocycles. The summed E-state index contributed by atoms with van der Waals surface area (Å²) in [4.78, 5) is 16.2. The van der Waals surface area contributed by atoms with Gasteiger partial charge in [0.25, 0.3) is 5.69 Å². The van der Waals surface area contributed by atoms with Crippen LogP contribution in [-0.2, 0) is 4.74 Å². The average molecular weight is 493 g/mol. The number of hydrogen-bond acceptors (Lipinski definition) is 7. The molecule has 0 N–H and O–H groups in total. The van der Waals surface area contributed by atoms with Crippen LogP contribution in [0.4, 0.5) is 11.4 Å². The minimum Gasteiger partial charge on any atom is -0.494 e. The van der Waals surface area contributed by atoms with E-state index >= 15 is 0 Å². The van der Waals surface area contributed by atoms with Crippen molar-refractivity contribution in [1.82, 2.24) is 4.68 Å². The number of nitro benzene ring substituents is 1. The lowest BCUT2D eigenvalue weighted by Gasteiger charge is -2.31. The summed E-state index contributed by atoms with van der Waals surface area (Å²) in [5.41, 5.74) is 2.63. The largest absolute Gasteiger partial charge is 0.494 e. The molecule has 10 heteroatoms. The summed E-state index contributed by atoms with van der Waals surface area (Å²) in [5, 5.41) is 15.2. The molecule has 0 radical (unpaired) electrons. The van der Waals surface area contributed by atoms with Gasteiger partial charge in [-0.25, -0.2) is 9.67 Å². The number of nitrogens with zero attached hydrogens (tertiary/aromatic N) is 4. The second kappa shape index (κ2) is 9.88. The van der Waals surface area contributed by atoms with Crippen LogP contribution in [0, 0.1) is 10.1 Å². The molecular weight excluding hydrogens is 472 g/mol. The maximum absolute atomic E-state index is 11.0. The van der Waals surface area contributed by atoms with Gasteiger partial charge in [-0.05, 0) is 24.3 Å². The van der Waals surface area contributed by atoms with Gasteiger partial charge in [0.15, 0.2) is 0 Å². The molecule has 0 bridgehead atoms. The first-order chi connectivity index (χ1) is 14.2. The number of aromatic nitrogens is 1. The third-order valence-corrected chi connectivity index (χ3v) is 5.45. The van der Waals surface area contributed by atoms with Crippen molar-refractivity contribution in [3.8, 4) is 17.0 Å². The first kappa shape index (κ1) is 22.0. The van der Waals surface area contributed by atoms with E-state index < -0.39 is 4.92 Å². The lowest BCUT2D eigenvalue weighted by atomic mass is 10.1. The molecule has 30 heavy (non-hydrogen) atoms. The van der Waals surface area contributed by atoms with Crippen molar-refractivity contribution in [2.24, 2.45) is 4.99 Å². The number of para-hydroxylation sites is 2. The molecule has 0 atom stereocenters. The van der Waals surface area contributed by atoms with Gasteiger partial charge in [-0.1, -0.05) is 12.1 Å². The van der Waals surface area contributed by atoms with Crippen LogP contribution in [0.15, 0.2) is 58.9 Å². The molecule has 1 saturated heterocycles. The Kier molecular flexibility index (Phi) is 7.24. The molecule has 0 amide bonds. The van der Waals surface area contributed by atoms with E-state index in [-0.39, 0.29) is 22.7 Å². The van der Waals surface area contributed by atoms with Crippen molar-refractivity contribution in [2.45, 2.75) is 0 Å². The van der Waals surface area contributed by atoms with Gasteiger partial charge in [-0.2, -0.15) is 0 Å². The van der Waals surface area contributed by atoms with Crippen LogP contribution in [0.25, 0.3) is 11.3 Å². The number of thiazole rings is 1. The van der Waals surface area contributed by atoms with E-state index in [1.807, 2.05) is 29.6 Å². The fourth-order valence-electron chi connectivity index (χ4n) is 3.18. The Morgan fingerprint density at radius 1 is 1.13 bits per heavy atom. The van der Waals surface area contributed by atoms with Gasteiger partial charge in [0, 0.05) is 23.1 Å². The van der Waals surface area contributed by atoms with Crippen molar-refractivity contribution >= 4 is 39.7 Å². The Morgan fingerprint density at radius 3 is 2.50 bits per heavy atom. The molecule has 0 unspecified atom stereocenters. The molecule has 1 aromatic heterocycles. The molecule has 0 spiro atoms. The minimum atomic E-state index is -0.393. The average Bonchev–Trinajstić information content (AvgIpc) is 3.18. The molecule has 1 aliphatic rings. The predicted molar refractivity (Wildman–Crippen MR) is 122 cm³/mol. The van der Waals surface area contributed by atoms with Gasteiger partial charge in [0.2, 0.25) is 4.80 Å². The summed E-state index contributed by atoms with van der Waals surface area (Å²) >= 11 is 1.51. The Bertz CT molecular complexity index is 1070. The van der Waals surface area contributed by atoms with Crippen LogP contribution in [0.3, 0.4) is 0 Å². The number of methoxy groups -OCH3 is 1. The zero-order valence-electron chi connectivity index (χ0n) is 16.3. The van der Waals surface area contributed by atoms with E-state index in [1.54, 1.807) is 19.2 Å². The summed E-state index contributed by atoms with van der Waals surface area (Å²) in [6, 6.07) is 14.2. The summed E-state index contributed by atoms with van der Waals surface area (Å²) in [7, 11) is 1.63. The van der Waals surface area contributed by atoms with Crippen LogP contribution < -0.4 is 14.5 Å². The first-order valence-electron chi connectivity index (χ1n) is 9.13. The topological polar surface area (TPSA) is 82.1 Å². The molecule has 3 aromatic rings. The first-order valence-corrected chi connectivity index (χ1v) is 10.0. The summed E-state index contributed by atoms with van der Waals surface area (Å²) in [5.74, 6) is 0.700. The van der Waals surface area contributed by atoms with Gasteiger partial charge in [-0.15, -0.1) is 28.3 Å². The van der Waals surface area contributed by atoms with E-state index in [2.05, 4.69) is 9.69 Å².